The molecule has 0 amide bonds. The topological polar surface area (TPSA) is 99.4 Å². The first-order valence-corrected chi connectivity index (χ1v) is 9.60. The SMILES string of the molecule is COc1ccc(C2CCc3ccc([C@@H]4O[C@H](CO)[C@@H](O)[C@H](O)[C@H]4O)cc32)cc1. The fraction of sp³-hybridized carbons (Fsp3) is 0.455. The number of aryl methyl sites for hydroxylation is 1. The normalized spacial score (nSPS) is 32.2. The summed E-state index contributed by atoms with van der Waals surface area (Å²) < 4.78 is 11.0. The Bertz CT molecular complexity index is 818. The van der Waals surface area contributed by atoms with Gasteiger partial charge in [0.2, 0.25) is 0 Å². The van der Waals surface area contributed by atoms with Gasteiger partial charge in [0.25, 0.3) is 0 Å². The predicted octanol–water partition coefficient (Wildman–Crippen LogP) is 1.29. The van der Waals surface area contributed by atoms with Crippen molar-refractivity contribution in [2.45, 2.75) is 49.3 Å². The molecule has 1 heterocycles. The Morgan fingerprint density at radius 2 is 1.68 bits per heavy atom. The Balaban J connectivity index is 1.64. The summed E-state index contributed by atoms with van der Waals surface area (Å²) in [5, 5.41) is 40.0. The zero-order valence-electron chi connectivity index (χ0n) is 15.7. The molecule has 0 radical (unpaired) electrons. The highest BCUT2D eigenvalue weighted by molar-refractivity contribution is 5.46. The van der Waals surface area contributed by atoms with Crippen LogP contribution in [0.4, 0.5) is 0 Å². The summed E-state index contributed by atoms with van der Waals surface area (Å²) in [5.74, 6) is 1.06. The molecule has 0 bridgehead atoms. The molecule has 4 rings (SSSR count). The van der Waals surface area contributed by atoms with E-state index in [1.54, 1.807) is 7.11 Å². The molecule has 2 aromatic rings. The quantitative estimate of drug-likeness (QED) is 0.632. The van der Waals surface area contributed by atoms with Gasteiger partial charge in [0.1, 0.15) is 36.3 Å². The lowest BCUT2D eigenvalue weighted by molar-refractivity contribution is -0.231. The molecule has 0 aromatic heterocycles. The average molecular weight is 386 g/mol. The molecule has 1 aliphatic carbocycles. The van der Waals surface area contributed by atoms with E-state index in [1.807, 2.05) is 30.3 Å². The van der Waals surface area contributed by atoms with Gasteiger partial charge in [-0.05, 0) is 47.2 Å². The number of hydrogen-bond acceptors (Lipinski definition) is 6. The Morgan fingerprint density at radius 1 is 0.964 bits per heavy atom. The number of benzene rings is 2. The molecule has 1 saturated heterocycles. The van der Waals surface area contributed by atoms with Crippen LogP contribution < -0.4 is 4.74 Å². The first-order chi connectivity index (χ1) is 13.5. The first-order valence-electron chi connectivity index (χ1n) is 9.60. The predicted molar refractivity (Wildman–Crippen MR) is 102 cm³/mol. The Kier molecular flexibility index (Phi) is 5.40. The second kappa shape index (κ2) is 7.81. The molecule has 6 nitrogen and oxygen atoms in total. The maximum Gasteiger partial charge on any atom is 0.118 e. The highest BCUT2D eigenvalue weighted by atomic mass is 16.5. The highest BCUT2D eigenvalue weighted by Crippen LogP contribution is 2.41. The summed E-state index contributed by atoms with van der Waals surface area (Å²) in [5.41, 5.74) is 4.37. The van der Waals surface area contributed by atoms with E-state index < -0.39 is 37.1 Å². The maximum absolute atomic E-state index is 10.4. The van der Waals surface area contributed by atoms with Crippen LogP contribution in [-0.2, 0) is 11.2 Å². The largest absolute Gasteiger partial charge is 0.497 e. The van der Waals surface area contributed by atoms with Crippen LogP contribution in [0.15, 0.2) is 42.5 Å². The van der Waals surface area contributed by atoms with Crippen LogP contribution in [0.3, 0.4) is 0 Å². The summed E-state index contributed by atoms with van der Waals surface area (Å²) in [6, 6.07) is 14.0. The van der Waals surface area contributed by atoms with Crippen molar-refractivity contribution in [3.63, 3.8) is 0 Å². The molecule has 2 aliphatic rings. The number of aliphatic hydroxyl groups is 4. The van der Waals surface area contributed by atoms with E-state index in [9.17, 15) is 20.4 Å². The van der Waals surface area contributed by atoms with Crippen LogP contribution in [0, 0.1) is 0 Å². The maximum atomic E-state index is 10.4. The van der Waals surface area contributed by atoms with E-state index in [0.29, 0.717) is 0 Å². The van der Waals surface area contributed by atoms with Crippen molar-refractivity contribution in [3.05, 3.63) is 64.7 Å². The highest BCUT2D eigenvalue weighted by Gasteiger charge is 2.44. The van der Waals surface area contributed by atoms with Gasteiger partial charge < -0.3 is 29.9 Å². The van der Waals surface area contributed by atoms with Crippen LogP contribution in [0.2, 0.25) is 0 Å². The van der Waals surface area contributed by atoms with Crippen LogP contribution in [0.1, 0.15) is 40.7 Å². The smallest absolute Gasteiger partial charge is 0.118 e. The van der Waals surface area contributed by atoms with Crippen LogP contribution in [-0.4, -0.2) is 58.6 Å². The molecular formula is C22H26O6. The lowest BCUT2D eigenvalue weighted by Gasteiger charge is -2.40. The number of hydrogen-bond donors (Lipinski definition) is 4. The van der Waals surface area contributed by atoms with E-state index in [1.165, 1.54) is 16.7 Å². The fourth-order valence-corrected chi connectivity index (χ4v) is 4.36. The van der Waals surface area contributed by atoms with Crippen molar-refractivity contribution < 1.29 is 29.9 Å². The van der Waals surface area contributed by atoms with Gasteiger partial charge in [-0.2, -0.15) is 0 Å². The third-order valence-electron chi connectivity index (χ3n) is 5.99. The molecule has 28 heavy (non-hydrogen) atoms. The third-order valence-corrected chi connectivity index (χ3v) is 5.99. The molecule has 4 N–H and O–H groups in total. The zero-order chi connectivity index (χ0) is 19.8. The molecule has 6 heteroatoms. The average Bonchev–Trinajstić information content (AvgIpc) is 3.15. The van der Waals surface area contributed by atoms with Gasteiger partial charge in [-0.1, -0.05) is 30.3 Å². The molecule has 6 atom stereocenters. The van der Waals surface area contributed by atoms with Crippen LogP contribution in [0.5, 0.6) is 5.75 Å². The second-order valence-corrected chi connectivity index (χ2v) is 7.57. The fourth-order valence-electron chi connectivity index (χ4n) is 4.36. The lowest BCUT2D eigenvalue weighted by Crippen LogP contribution is -2.55. The van der Waals surface area contributed by atoms with Gasteiger partial charge in [0, 0.05) is 5.92 Å². The molecule has 1 unspecified atom stereocenters. The van der Waals surface area contributed by atoms with E-state index in [4.69, 9.17) is 9.47 Å². The van der Waals surface area contributed by atoms with Gasteiger partial charge in [0.05, 0.1) is 13.7 Å². The summed E-state index contributed by atoms with van der Waals surface area (Å²) in [6.45, 7) is -0.430. The minimum atomic E-state index is -1.37. The molecule has 2 aromatic carbocycles. The minimum absolute atomic E-state index is 0.241. The van der Waals surface area contributed by atoms with Crippen molar-refractivity contribution in [1.82, 2.24) is 0 Å². The van der Waals surface area contributed by atoms with Crippen LogP contribution in [0.25, 0.3) is 0 Å². The number of fused-ring (bicyclic) bond motifs is 1. The lowest BCUT2D eigenvalue weighted by atomic mass is 9.87. The molecule has 150 valence electrons. The van der Waals surface area contributed by atoms with Gasteiger partial charge in [-0.25, -0.2) is 0 Å². The third kappa shape index (κ3) is 3.32. The van der Waals surface area contributed by atoms with Gasteiger partial charge in [0.15, 0.2) is 0 Å². The van der Waals surface area contributed by atoms with Gasteiger partial charge >= 0.3 is 0 Å². The Labute approximate surface area is 164 Å². The van der Waals surface area contributed by atoms with E-state index in [0.717, 1.165) is 24.2 Å². The summed E-state index contributed by atoms with van der Waals surface area (Å²) in [4.78, 5) is 0. The van der Waals surface area contributed by atoms with E-state index in [2.05, 4.69) is 12.1 Å². The van der Waals surface area contributed by atoms with E-state index in [-0.39, 0.29) is 5.92 Å². The number of methoxy groups -OCH3 is 1. The molecule has 1 aliphatic heterocycles. The molecule has 0 spiro atoms. The van der Waals surface area contributed by atoms with Crippen molar-refractivity contribution in [1.29, 1.82) is 0 Å². The second-order valence-electron chi connectivity index (χ2n) is 7.57. The van der Waals surface area contributed by atoms with Crippen molar-refractivity contribution in [3.8, 4) is 5.75 Å². The Hall–Kier alpha value is -1.96. The number of aliphatic hydroxyl groups excluding tert-OH is 4. The van der Waals surface area contributed by atoms with Crippen molar-refractivity contribution >= 4 is 0 Å². The first kappa shape index (κ1) is 19.4. The van der Waals surface area contributed by atoms with Crippen LogP contribution >= 0.6 is 0 Å². The minimum Gasteiger partial charge on any atom is -0.497 e. The van der Waals surface area contributed by atoms with Crippen molar-refractivity contribution in [2.75, 3.05) is 13.7 Å². The zero-order valence-corrected chi connectivity index (χ0v) is 15.7. The summed E-state index contributed by atoms with van der Waals surface area (Å²) >= 11 is 0. The number of ether oxygens (including phenoxy) is 2. The molecular weight excluding hydrogens is 360 g/mol. The van der Waals surface area contributed by atoms with Gasteiger partial charge in [-0.3, -0.25) is 0 Å². The summed E-state index contributed by atoms with van der Waals surface area (Å²) in [6.07, 6.45) is -3.73. The Morgan fingerprint density at radius 3 is 2.36 bits per heavy atom. The number of rotatable bonds is 4. The monoisotopic (exact) mass is 386 g/mol. The summed E-state index contributed by atoms with van der Waals surface area (Å²) in [7, 11) is 1.65. The van der Waals surface area contributed by atoms with Crippen molar-refractivity contribution in [2.24, 2.45) is 0 Å². The molecule has 1 fully saturated rings. The molecule has 0 saturated carbocycles. The van der Waals surface area contributed by atoms with Gasteiger partial charge in [-0.15, -0.1) is 0 Å². The standard InChI is InChI=1S/C22H26O6/c1-27-15-7-4-12(5-8-15)16-9-6-13-2-3-14(10-17(13)16)22-21(26)20(25)19(24)18(11-23)28-22/h2-5,7-8,10,16,18-26H,6,9,11H2,1H3/t16?,18-,19-,20+,21-,22+/m1/s1. The van der Waals surface area contributed by atoms with E-state index >= 15 is 0 Å².